The van der Waals surface area contributed by atoms with Gasteiger partial charge in [0.1, 0.15) is 0 Å². The molecule has 1 aromatic carbocycles. The second-order valence-electron chi connectivity index (χ2n) is 2.69. The van der Waals surface area contributed by atoms with Crippen LogP contribution in [0.15, 0.2) is 30.5 Å². The summed E-state index contributed by atoms with van der Waals surface area (Å²) in [5.41, 5.74) is 4.32. The highest BCUT2D eigenvalue weighted by Gasteiger charge is 2.00. The Morgan fingerprint density at radius 3 is 3.00 bits per heavy atom. The number of hydroxylamine groups is 1. The van der Waals surface area contributed by atoms with Crippen molar-refractivity contribution in [2.75, 3.05) is 0 Å². The van der Waals surface area contributed by atoms with E-state index in [2.05, 4.69) is 10.5 Å². The molecule has 1 aromatic heterocycles. The van der Waals surface area contributed by atoms with Crippen molar-refractivity contribution in [3.05, 3.63) is 36.0 Å². The lowest BCUT2D eigenvalue weighted by Crippen LogP contribution is -2.04. The summed E-state index contributed by atoms with van der Waals surface area (Å²) < 4.78 is 0. The topological polar surface area (TPSA) is 48.0 Å². The lowest BCUT2D eigenvalue weighted by atomic mass is 10.2. The quantitative estimate of drug-likeness (QED) is 0.588. The van der Waals surface area contributed by atoms with Crippen LogP contribution in [0.2, 0.25) is 0 Å². The van der Waals surface area contributed by atoms with E-state index >= 15 is 0 Å². The first-order valence-corrected chi connectivity index (χ1v) is 3.84. The molecule has 3 nitrogen and oxygen atoms in total. The summed E-state index contributed by atoms with van der Waals surface area (Å²) in [5, 5.41) is 9.69. The Balaban J connectivity index is 2.55. The molecule has 0 aliphatic rings. The van der Waals surface area contributed by atoms with E-state index in [1.807, 2.05) is 30.5 Å². The van der Waals surface area contributed by atoms with Crippen LogP contribution in [0.5, 0.6) is 0 Å². The molecule has 12 heavy (non-hydrogen) atoms. The van der Waals surface area contributed by atoms with Crippen molar-refractivity contribution in [3.63, 3.8) is 0 Å². The first-order chi connectivity index (χ1) is 5.92. The van der Waals surface area contributed by atoms with Crippen LogP contribution in [-0.4, -0.2) is 10.2 Å². The molecule has 1 heterocycles. The smallest absolute Gasteiger partial charge is 0.0479 e. The number of hydrogen-bond acceptors (Lipinski definition) is 2. The number of benzene rings is 1. The van der Waals surface area contributed by atoms with Gasteiger partial charge in [0.25, 0.3) is 0 Å². The molecule has 3 N–H and O–H groups in total. The van der Waals surface area contributed by atoms with Gasteiger partial charge in [-0.2, -0.15) is 0 Å². The average Bonchev–Trinajstić information content (AvgIpc) is 2.50. The van der Waals surface area contributed by atoms with Gasteiger partial charge in [0.2, 0.25) is 0 Å². The molecular weight excluding hydrogens is 152 g/mol. The second-order valence-corrected chi connectivity index (χ2v) is 2.69. The second kappa shape index (κ2) is 2.97. The summed E-state index contributed by atoms with van der Waals surface area (Å²) in [4.78, 5) is 3.12. The summed E-state index contributed by atoms with van der Waals surface area (Å²) in [6.45, 7) is 0.476. The SMILES string of the molecule is ONCc1c[nH]c2ccccc12. The Labute approximate surface area is 70.0 Å². The maximum absolute atomic E-state index is 8.53. The molecule has 0 bridgehead atoms. The molecular formula is C9H10N2O. The van der Waals surface area contributed by atoms with Crippen molar-refractivity contribution in [2.45, 2.75) is 6.54 Å². The molecule has 2 aromatic rings. The number of hydrogen-bond donors (Lipinski definition) is 3. The fourth-order valence-electron chi connectivity index (χ4n) is 1.36. The molecule has 0 atom stereocenters. The number of nitrogens with one attached hydrogen (secondary N) is 2. The molecule has 0 unspecified atom stereocenters. The van der Waals surface area contributed by atoms with Gasteiger partial charge in [-0.05, 0) is 11.6 Å². The summed E-state index contributed by atoms with van der Waals surface area (Å²) in [6.07, 6.45) is 1.90. The van der Waals surface area contributed by atoms with Gasteiger partial charge < -0.3 is 10.2 Å². The van der Waals surface area contributed by atoms with Gasteiger partial charge in [0.15, 0.2) is 0 Å². The van der Waals surface area contributed by atoms with Crippen LogP contribution < -0.4 is 5.48 Å². The van der Waals surface area contributed by atoms with Gasteiger partial charge in [-0.3, -0.25) is 0 Å². The monoisotopic (exact) mass is 162 g/mol. The normalized spacial score (nSPS) is 10.8. The minimum absolute atomic E-state index is 0.476. The fraction of sp³-hybridized carbons (Fsp3) is 0.111. The molecule has 0 aliphatic heterocycles. The van der Waals surface area contributed by atoms with Crippen LogP contribution in [0.3, 0.4) is 0 Å². The first-order valence-electron chi connectivity index (χ1n) is 3.84. The number of H-pyrrole nitrogens is 1. The van der Waals surface area contributed by atoms with Crippen molar-refractivity contribution >= 4 is 10.9 Å². The number of aromatic amines is 1. The summed E-state index contributed by atoms with van der Waals surface area (Å²) in [7, 11) is 0. The highest BCUT2D eigenvalue weighted by Crippen LogP contribution is 2.16. The largest absolute Gasteiger partial charge is 0.361 e. The summed E-state index contributed by atoms with van der Waals surface area (Å²) in [6, 6.07) is 8.00. The zero-order valence-corrected chi connectivity index (χ0v) is 6.54. The van der Waals surface area contributed by atoms with Gasteiger partial charge in [-0.1, -0.05) is 18.2 Å². The van der Waals surface area contributed by atoms with Crippen LogP contribution >= 0.6 is 0 Å². The molecule has 0 saturated heterocycles. The molecule has 0 saturated carbocycles. The third kappa shape index (κ3) is 1.09. The number of rotatable bonds is 2. The molecule has 0 amide bonds. The van der Waals surface area contributed by atoms with E-state index in [-0.39, 0.29) is 0 Å². The Bertz CT molecular complexity index is 381. The predicted octanol–water partition coefficient (Wildman–Crippen LogP) is 1.65. The van der Waals surface area contributed by atoms with Crippen LogP contribution in [0.1, 0.15) is 5.56 Å². The lowest BCUT2D eigenvalue weighted by Gasteiger charge is -1.94. The van der Waals surface area contributed by atoms with Gasteiger partial charge >= 0.3 is 0 Å². The number of aromatic nitrogens is 1. The van der Waals surface area contributed by atoms with Crippen LogP contribution in [0, 0.1) is 0 Å². The van der Waals surface area contributed by atoms with Crippen LogP contribution in [0.25, 0.3) is 10.9 Å². The summed E-state index contributed by atoms with van der Waals surface area (Å²) in [5.74, 6) is 0. The predicted molar refractivity (Wildman–Crippen MR) is 46.9 cm³/mol. The Morgan fingerprint density at radius 1 is 1.33 bits per heavy atom. The standard InChI is InChI=1S/C9H10N2O/c12-11-6-7-5-10-9-4-2-1-3-8(7)9/h1-5,10-12H,6H2. The van der Waals surface area contributed by atoms with E-state index in [0.29, 0.717) is 6.54 Å². The van der Waals surface area contributed by atoms with Crippen molar-refractivity contribution in [3.8, 4) is 0 Å². The average molecular weight is 162 g/mol. The molecule has 0 fully saturated rings. The molecule has 3 heteroatoms. The molecule has 2 rings (SSSR count). The minimum atomic E-state index is 0.476. The maximum atomic E-state index is 8.53. The van der Waals surface area contributed by atoms with Crippen molar-refractivity contribution in [1.82, 2.24) is 10.5 Å². The molecule has 62 valence electrons. The van der Waals surface area contributed by atoms with Crippen LogP contribution in [0.4, 0.5) is 0 Å². The third-order valence-electron chi connectivity index (χ3n) is 1.94. The maximum Gasteiger partial charge on any atom is 0.0479 e. The van der Waals surface area contributed by atoms with Crippen molar-refractivity contribution in [1.29, 1.82) is 0 Å². The van der Waals surface area contributed by atoms with Gasteiger partial charge in [-0.25, -0.2) is 5.48 Å². The fourth-order valence-corrected chi connectivity index (χ4v) is 1.36. The van der Waals surface area contributed by atoms with Crippen LogP contribution in [-0.2, 0) is 6.54 Å². The Kier molecular flexibility index (Phi) is 1.81. The molecule has 0 aliphatic carbocycles. The molecule has 0 spiro atoms. The van der Waals surface area contributed by atoms with E-state index in [1.54, 1.807) is 0 Å². The lowest BCUT2D eigenvalue weighted by molar-refractivity contribution is 0.161. The highest BCUT2D eigenvalue weighted by molar-refractivity contribution is 5.82. The van der Waals surface area contributed by atoms with E-state index < -0.39 is 0 Å². The first kappa shape index (κ1) is 7.34. The molecule has 0 radical (unpaired) electrons. The van der Waals surface area contributed by atoms with E-state index in [9.17, 15) is 0 Å². The van der Waals surface area contributed by atoms with E-state index in [4.69, 9.17) is 5.21 Å². The minimum Gasteiger partial charge on any atom is -0.361 e. The van der Waals surface area contributed by atoms with Crippen molar-refractivity contribution in [2.24, 2.45) is 0 Å². The van der Waals surface area contributed by atoms with Gasteiger partial charge in [0, 0.05) is 23.6 Å². The third-order valence-corrected chi connectivity index (χ3v) is 1.94. The van der Waals surface area contributed by atoms with E-state index in [0.717, 1.165) is 16.5 Å². The van der Waals surface area contributed by atoms with Gasteiger partial charge in [-0.15, -0.1) is 0 Å². The van der Waals surface area contributed by atoms with Crippen molar-refractivity contribution < 1.29 is 5.21 Å². The number of para-hydroxylation sites is 1. The Hall–Kier alpha value is -1.32. The summed E-state index contributed by atoms with van der Waals surface area (Å²) >= 11 is 0. The van der Waals surface area contributed by atoms with Gasteiger partial charge in [0.05, 0.1) is 0 Å². The zero-order valence-electron chi connectivity index (χ0n) is 6.54. The number of fused-ring (bicyclic) bond motifs is 1. The zero-order chi connectivity index (χ0) is 8.39. The highest BCUT2D eigenvalue weighted by atomic mass is 16.5. The Morgan fingerprint density at radius 2 is 2.17 bits per heavy atom. The van der Waals surface area contributed by atoms with E-state index in [1.165, 1.54) is 0 Å².